The number of amides is 1. The van der Waals surface area contributed by atoms with Crippen LogP contribution in [0.15, 0.2) is 0 Å². The van der Waals surface area contributed by atoms with E-state index in [4.69, 9.17) is 4.74 Å². The summed E-state index contributed by atoms with van der Waals surface area (Å²) in [5.74, 6) is -0.00509. The van der Waals surface area contributed by atoms with Crippen molar-refractivity contribution in [2.75, 3.05) is 26.9 Å². The summed E-state index contributed by atoms with van der Waals surface area (Å²) in [4.78, 5) is 11.9. The Kier molecular flexibility index (Phi) is 7.34. The molecule has 0 aromatic heterocycles. The van der Waals surface area contributed by atoms with Gasteiger partial charge in [-0.1, -0.05) is 19.3 Å². The molecule has 1 amide bonds. The smallest absolute Gasteiger partial charge is 0.236 e. The van der Waals surface area contributed by atoms with Crippen LogP contribution in [0.2, 0.25) is 0 Å². The highest BCUT2D eigenvalue weighted by molar-refractivity contribution is 5.81. The molecule has 1 aliphatic carbocycles. The molecule has 3 N–H and O–H groups in total. The minimum atomic E-state index is -0.271. The Morgan fingerprint density at radius 1 is 1.37 bits per heavy atom. The molecule has 5 nitrogen and oxygen atoms in total. The molecule has 0 saturated heterocycles. The Hall–Kier alpha value is -0.650. The number of aliphatic hydroxyl groups excluding tert-OH is 1. The number of aliphatic hydroxyl groups is 1. The van der Waals surface area contributed by atoms with E-state index >= 15 is 0 Å². The molecule has 1 rings (SSSR count). The quantitative estimate of drug-likeness (QED) is 0.572. The maximum atomic E-state index is 11.9. The molecule has 0 radical (unpaired) electrons. The van der Waals surface area contributed by atoms with Gasteiger partial charge in [0.25, 0.3) is 0 Å². The zero-order valence-corrected chi connectivity index (χ0v) is 12.2. The molecule has 0 aromatic rings. The molecule has 0 spiro atoms. The summed E-state index contributed by atoms with van der Waals surface area (Å²) in [6.07, 6.45) is 6.18. The summed E-state index contributed by atoms with van der Waals surface area (Å²) in [6, 6.07) is -0.271. The SMILES string of the molecule is COCCCNC(=O)C(C)NC1(CO)CCCCC1. The van der Waals surface area contributed by atoms with Crippen molar-refractivity contribution in [2.24, 2.45) is 0 Å². The van der Waals surface area contributed by atoms with Crippen molar-refractivity contribution >= 4 is 5.91 Å². The van der Waals surface area contributed by atoms with Gasteiger partial charge in [-0.25, -0.2) is 0 Å². The van der Waals surface area contributed by atoms with Crippen LogP contribution >= 0.6 is 0 Å². The molecule has 5 heteroatoms. The van der Waals surface area contributed by atoms with E-state index in [-0.39, 0.29) is 24.1 Å². The first-order valence-electron chi connectivity index (χ1n) is 7.29. The predicted octanol–water partition coefficient (Wildman–Crippen LogP) is 0.812. The van der Waals surface area contributed by atoms with Crippen LogP contribution in [0.3, 0.4) is 0 Å². The van der Waals surface area contributed by atoms with E-state index in [0.29, 0.717) is 13.2 Å². The van der Waals surface area contributed by atoms with Gasteiger partial charge >= 0.3 is 0 Å². The van der Waals surface area contributed by atoms with E-state index in [1.807, 2.05) is 6.92 Å². The molecular weight excluding hydrogens is 244 g/mol. The predicted molar refractivity (Wildman–Crippen MR) is 75.0 cm³/mol. The number of ether oxygens (including phenoxy) is 1. The Labute approximate surface area is 116 Å². The minimum absolute atomic E-state index is 0.00509. The summed E-state index contributed by atoms with van der Waals surface area (Å²) < 4.78 is 4.94. The Bertz CT molecular complexity index is 265. The molecule has 1 unspecified atom stereocenters. The molecular formula is C14H28N2O3. The monoisotopic (exact) mass is 272 g/mol. The molecule has 1 aliphatic rings. The molecule has 19 heavy (non-hydrogen) atoms. The highest BCUT2D eigenvalue weighted by Gasteiger charge is 2.33. The molecule has 0 bridgehead atoms. The van der Waals surface area contributed by atoms with Gasteiger partial charge in [-0.2, -0.15) is 0 Å². The lowest BCUT2D eigenvalue weighted by atomic mass is 9.82. The van der Waals surface area contributed by atoms with Gasteiger partial charge in [0.15, 0.2) is 0 Å². The number of carbonyl (C=O) groups is 1. The molecule has 0 aromatic carbocycles. The second-order valence-corrected chi connectivity index (χ2v) is 5.50. The normalized spacial score (nSPS) is 19.9. The second-order valence-electron chi connectivity index (χ2n) is 5.50. The molecule has 112 valence electrons. The van der Waals surface area contributed by atoms with Gasteiger partial charge in [0.05, 0.1) is 12.6 Å². The van der Waals surface area contributed by atoms with Crippen molar-refractivity contribution in [3.63, 3.8) is 0 Å². The number of hydrogen-bond donors (Lipinski definition) is 3. The van der Waals surface area contributed by atoms with E-state index in [9.17, 15) is 9.90 Å². The highest BCUT2D eigenvalue weighted by Crippen LogP contribution is 2.28. The van der Waals surface area contributed by atoms with Gasteiger partial charge in [0.2, 0.25) is 5.91 Å². The van der Waals surface area contributed by atoms with Crippen LogP contribution in [0.25, 0.3) is 0 Å². The van der Waals surface area contributed by atoms with E-state index in [2.05, 4.69) is 10.6 Å². The van der Waals surface area contributed by atoms with Crippen LogP contribution in [0.5, 0.6) is 0 Å². The number of hydrogen-bond acceptors (Lipinski definition) is 4. The molecule has 1 atom stereocenters. The fourth-order valence-electron chi connectivity index (χ4n) is 2.68. The first kappa shape index (κ1) is 16.4. The van der Waals surface area contributed by atoms with E-state index in [0.717, 1.165) is 32.1 Å². The number of rotatable bonds is 8. The zero-order valence-electron chi connectivity index (χ0n) is 12.2. The van der Waals surface area contributed by atoms with Crippen LogP contribution in [0.4, 0.5) is 0 Å². The number of nitrogens with one attached hydrogen (secondary N) is 2. The standard InChI is InChI=1S/C14H28N2O3/c1-12(13(18)15-9-6-10-19-2)16-14(11-17)7-4-3-5-8-14/h12,16-17H,3-11H2,1-2H3,(H,15,18). The van der Waals surface area contributed by atoms with Crippen LogP contribution in [-0.4, -0.2) is 49.5 Å². The molecule has 0 aliphatic heterocycles. The molecule has 0 heterocycles. The van der Waals surface area contributed by atoms with E-state index < -0.39 is 0 Å². The van der Waals surface area contributed by atoms with Gasteiger partial charge < -0.3 is 15.2 Å². The van der Waals surface area contributed by atoms with Crippen molar-refractivity contribution in [3.8, 4) is 0 Å². The lowest BCUT2D eigenvalue weighted by Crippen LogP contribution is -2.57. The van der Waals surface area contributed by atoms with Crippen molar-refractivity contribution in [1.29, 1.82) is 0 Å². The lowest BCUT2D eigenvalue weighted by molar-refractivity contribution is -0.123. The Morgan fingerprint density at radius 3 is 2.63 bits per heavy atom. The fraction of sp³-hybridized carbons (Fsp3) is 0.929. The van der Waals surface area contributed by atoms with Crippen LogP contribution < -0.4 is 10.6 Å². The van der Waals surface area contributed by atoms with Crippen molar-refractivity contribution < 1.29 is 14.6 Å². The maximum Gasteiger partial charge on any atom is 0.236 e. The average molecular weight is 272 g/mol. The first-order chi connectivity index (χ1) is 9.13. The van der Waals surface area contributed by atoms with Crippen molar-refractivity contribution in [3.05, 3.63) is 0 Å². The van der Waals surface area contributed by atoms with Crippen LogP contribution in [-0.2, 0) is 9.53 Å². The second kappa shape index (κ2) is 8.51. The summed E-state index contributed by atoms with van der Waals surface area (Å²) in [7, 11) is 1.65. The van der Waals surface area contributed by atoms with E-state index in [1.165, 1.54) is 6.42 Å². The van der Waals surface area contributed by atoms with Crippen molar-refractivity contribution in [1.82, 2.24) is 10.6 Å². The number of methoxy groups -OCH3 is 1. The largest absolute Gasteiger partial charge is 0.394 e. The summed E-state index contributed by atoms with van der Waals surface area (Å²) >= 11 is 0. The fourth-order valence-corrected chi connectivity index (χ4v) is 2.68. The van der Waals surface area contributed by atoms with E-state index in [1.54, 1.807) is 7.11 Å². The highest BCUT2D eigenvalue weighted by atomic mass is 16.5. The molecule has 1 fully saturated rings. The first-order valence-corrected chi connectivity index (χ1v) is 7.29. The summed E-state index contributed by atoms with van der Waals surface area (Å²) in [5.41, 5.74) is -0.262. The van der Waals surface area contributed by atoms with Gasteiger partial charge in [-0.05, 0) is 26.2 Å². The van der Waals surface area contributed by atoms with Crippen molar-refractivity contribution in [2.45, 2.75) is 57.0 Å². The third kappa shape index (κ3) is 5.47. The maximum absolute atomic E-state index is 11.9. The third-order valence-corrected chi connectivity index (χ3v) is 3.85. The Balaban J connectivity index is 2.34. The van der Waals surface area contributed by atoms with Gasteiger partial charge in [0, 0.05) is 25.8 Å². The van der Waals surface area contributed by atoms with Gasteiger partial charge in [-0.15, -0.1) is 0 Å². The van der Waals surface area contributed by atoms with Crippen LogP contribution in [0, 0.1) is 0 Å². The topological polar surface area (TPSA) is 70.6 Å². The summed E-state index contributed by atoms with van der Waals surface area (Å²) in [5, 5.41) is 15.8. The lowest BCUT2D eigenvalue weighted by Gasteiger charge is -2.38. The summed E-state index contributed by atoms with van der Waals surface area (Å²) in [6.45, 7) is 3.25. The number of carbonyl (C=O) groups excluding carboxylic acids is 1. The average Bonchev–Trinajstić information content (AvgIpc) is 2.44. The molecule has 1 saturated carbocycles. The zero-order chi connectivity index (χ0) is 14.1. The Morgan fingerprint density at radius 2 is 2.05 bits per heavy atom. The van der Waals surface area contributed by atoms with Gasteiger partial charge in [-0.3, -0.25) is 10.1 Å². The van der Waals surface area contributed by atoms with Crippen LogP contribution in [0.1, 0.15) is 45.4 Å². The minimum Gasteiger partial charge on any atom is -0.394 e. The third-order valence-electron chi connectivity index (χ3n) is 3.85. The van der Waals surface area contributed by atoms with Gasteiger partial charge in [0.1, 0.15) is 0 Å².